The lowest BCUT2D eigenvalue weighted by molar-refractivity contribution is 0.637. The first kappa shape index (κ1) is 7.05. The van der Waals surface area contributed by atoms with Crippen molar-refractivity contribution in [3.63, 3.8) is 0 Å². The third-order valence-electron chi connectivity index (χ3n) is 0.961. The average molecular weight is 117 g/mol. The van der Waals surface area contributed by atoms with E-state index >= 15 is 0 Å². The molecule has 0 N–H and O–H groups in total. The Morgan fingerprint density at radius 2 is 1.86 bits per heavy atom. The van der Waals surface area contributed by atoms with Gasteiger partial charge in [-0.2, -0.15) is 0 Å². The summed E-state index contributed by atoms with van der Waals surface area (Å²) >= 11 is 4.67. The Bertz CT molecular complexity index is 50.0. The van der Waals surface area contributed by atoms with Crippen LogP contribution in [-0.2, 0) is 0 Å². The van der Waals surface area contributed by atoms with Crippen molar-refractivity contribution < 1.29 is 0 Å². The number of thiocarbonyl (C=S) groups is 1. The van der Waals surface area contributed by atoms with E-state index in [1.807, 2.05) is 0 Å². The third-order valence-corrected chi connectivity index (χ3v) is 1.26. The Hall–Kier alpha value is 0.0500. The summed E-state index contributed by atoms with van der Waals surface area (Å²) in [4.78, 5) is 2.06. The Labute approximate surface area is 50.3 Å². The van der Waals surface area contributed by atoms with Gasteiger partial charge in [0.1, 0.15) is 13.1 Å². The van der Waals surface area contributed by atoms with Crippen molar-refractivity contribution in [2.75, 3.05) is 13.1 Å². The minimum Gasteiger partial charge on any atom is -0.131 e. The molecule has 0 heterocycles. The standard InChI is InChI=1S/C5H11NS/c1-3-6(4-2)5-7/h5H,3-4H2,1-2H3/q+1. The SMILES string of the molecule is CC[N+](C=S)CC. The lowest BCUT2D eigenvalue weighted by Crippen LogP contribution is -2.26. The second kappa shape index (κ2) is 4.22. The van der Waals surface area contributed by atoms with Crippen LogP contribution in [0.25, 0.3) is 0 Å². The molecule has 0 aromatic rings. The van der Waals surface area contributed by atoms with Gasteiger partial charge in [0.25, 0.3) is 0 Å². The highest BCUT2D eigenvalue weighted by molar-refractivity contribution is 7.78. The van der Waals surface area contributed by atoms with Crippen LogP contribution in [-0.4, -0.2) is 18.6 Å². The lowest BCUT2D eigenvalue weighted by atomic mass is 10.6. The van der Waals surface area contributed by atoms with Gasteiger partial charge in [-0.15, -0.1) is 4.90 Å². The first-order valence-corrected chi connectivity index (χ1v) is 3.01. The maximum atomic E-state index is 4.67. The smallest absolute Gasteiger partial charge is 0.131 e. The Balaban J connectivity index is 3.16. The van der Waals surface area contributed by atoms with E-state index in [-0.39, 0.29) is 0 Å². The van der Waals surface area contributed by atoms with E-state index in [0.29, 0.717) is 0 Å². The van der Waals surface area contributed by atoms with Crippen LogP contribution in [0.2, 0.25) is 0 Å². The summed E-state index contributed by atoms with van der Waals surface area (Å²) in [6, 6.07) is 0. The van der Waals surface area contributed by atoms with Crippen LogP contribution in [0, 0.1) is 0 Å². The van der Waals surface area contributed by atoms with Crippen molar-refractivity contribution in [1.29, 1.82) is 0 Å². The van der Waals surface area contributed by atoms with Crippen LogP contribution >= 0.6 is 12.2 Å². The second-order valence-corrected chi connectivity index (χ2v) is 1.54. The maximum Gasteiger partial charge on any atom is 0.209 e. The fourth-order valence-corrected chi connectivity index (χ4v) is 0.671. The topological polar surface area (TPSA) is 5.90 Å². The zero-order valence-electron chi connectivity index (χ0n) is 4.85. The largest absolute Gasteiger partial charge is 0.209 e. The van der Waals surface area contributed by atoms with E-state index < -0.39 is 0 Å². The van der Waals surface area contributed by atoms with Crippen LogP contribution < -0.4 is 4.90 Å². The van der Waals surface area contributed by atoms with E-state index in [4.69, 9.17) is 0 Å². The fourth-order valence-electron chi connectivity index (χ4n) is 0.373. The van der Waals surface area contributed by atoms with E-state index in [2.05, 4.69) is 31.0 Å². The van der Waals surface area contributed by atoms with Gasteiger partial charge in [-0.3, -0.25) is 0 Å². The van der Waals surface area contributed by atoms with Gasteiger partial charge in [-0.1, -0.05) is 0 Å². The molecule has 0 rings (SSSR count). The van der Waals surface area contributed by atoms with Crippen molar-refractivity contribution in [2.24, 2.45) is 0 Å². The molecule has 0 spiro atoms. The van der Waals surface area contributed by atoms with E-state index in [1.165, 1.54) is 0 Å². The number of hydrogen-bond donors (Lipinski definition) is 0. The van der Waals surface area contributed by atoms with E-state index in [1.54, 1.807) is 5.49 Å². The van der Waals surface area contributed by atoms with Gasteiger partial charge in [-0.25, -0.2) is 0 Å². The van der Waals surface area contributed by atoms with Crippen LogP contribution in [0.15, 0.2) is 0 Å². The minimum atomic E-state index is 1.03. The predicted molar refractivity (Wildman–Crippen MR) is 36.9 cm³/mol. The molecule has 0 saturated heterocycles. The molecule has 0 aromatic heterocycles. The van der Waals surface area contributed by atoms with Gasteiger partial charge in [0.05, 0.1) is 0 Å². The average Bonchev–Trinajstić information content (AvgIpc) is 1.72. The molecular formula is C5H11NS+. The van der Waals surface area contributed by atoms with E-state index in [9.17, 15) is 0 Å². The minimum absolute atomic E-state index is 1.03. The molecule has 0 amide bonds. The molecule has 0 saturated carbocycles. The van der Waals surface area contributed by atoms with Gasteiger partial charge in [-0.05, 0) is 26.1 Å². The number of rotatable bonds is 3. The van der Waals surface area contributed by atoms with Gasteiger partial charge < -0.3 is 0 Å². The summed E-state index contributed by atoms with van der Waals surface area (Å²) < 4.78 is 0. The highest BCUT2D eigenvalue weighted by atomic mass is 32.1. The Kier molecular flexibility index (Phi) is 4.25. The van der Waals surface area contributed by atoms with Crippen molar-refractivity contribution in [1.82, 2.24) is 4.90 Å². The molecule has 0 bridgehead atoms. The number of nitrogens with zero attached hydrogens (tertiary/aromatic N) is 1. The third kappa shape index (κ3) is 2.71. The Morgan fingerprint density at radius 1 is 1.43 bits per heavy atom. The van der Waals surface area contributed by atoms with Gasteiger partial charge in [0.2, 0.25) is 5.49 Å². The molecule has 0 unspecified atom stereocenters. The summed E-state index contributed by atoms with van der Waals surface area (Å²) in [5, 5.41) is 0. The lowest BCUT2D eigenvalue weighted by Gasteiger charge is -1.94. The highest BCUT2D eigenvalue weighted by Gasteiger charge is 1.99. The molecule has 1 nitrogen and oxygen atoms in total. The molecule has 2 heteroatoms. The molecule has 1 radical (unpaired) electrons. The molecule has 0 fully saturated rings. The summed E-state index contributed by atoms with van der Waals surface area (Å²) in [5.41, 5.74) is 1.69. The monoisotopic (exact) mass is 117 g/mol. The molecule has 7 heavy (non-hydrogen) atoms. The zero-order chi connectivity index (χ0) is 5.70. The second-order valence-electron chi connectivity index (χ2n) is 1.33. The van der Waals surface area contributed by atoms with Gasteiger partial charge >= 0.3 is 0 Å². The summed E-state index contributed by atoms with van der Waals surface area (Å²) in [6.07, 6.45) is 0. The van der Waals surface area contributed by atoms with Crippen LogP contribution in [0.5, 0.6) is 0 Å². The molecule has 0 atom stereocenters. The summed E-state index contributed by atoms with van der Waals surface area (Å²) in [6.45, 7) is 6.23. The molecule has 0 aliphatic heterocycles. The van der Waals surface area contributed by atoms with Crippen molar-refractivity contribution in [3.05, 3.63) is 0 Å². The molecule has 0 aliphatic rings. The molecule has 41 valence electrons. The summed E-state index contributed by atoms with van der Waals surface area (Å²) in [7, 11) is 0. The van der Waals surface area contributed by atoms with Crippen molar-refractivity contribution >= 4 is 17.7 Å². The quantitative estimate of drug-likeness (QED) is 0.396. The van der Waals surface area contributed by atoms with Crippen molar-refractivity contribution in [2.45, 2.75) is 13.8 Å². The fraction of sp³-hybridized carbons (Fsp3) is 0.800. The van der Waals surface area contributed by atoms with Crippen LogP contribution in [0.1, 0.15) is 13.8 Å². The van der Waals surface area contributed by atoms with Crippen molar-refractivity contribution in [3.8, 4) is 0 Å². The zero-order valence-corrected chi connectivity index (χ0v) is 5.66. The predicted octanol–water partition coefficient (Wildman–Crippen LogP) is 1.12. The molecule has 0 aromatic carbocycles. The maximum absolute atomic E-state index is 4.67. The highest BCUT2D eigenvalue weighted by Crippen LogP contribution is 1.72. The molecule has 0 aliphatic carbocycles. The first-order chi connectivity index (χ1) is 3.35. The Morgan fingerprint density at radius 3 is 1.86 bits per heavy atom. The first-order valence-electron chi connectivity index (χ1n) is 2.54. The van der Waals surface area contributed by atoms with Gasteiger partial charge in [0, 0.05) is 0 Å². The number of hydrogen-bond acceptors (Lipinski definition) is 1. The molecular weight excluding hydrogens is 106 g/mol. The van der Waals surface area contributed by atoms with Gasteiger partial charge in [0.15, 0.2) is 0 Å². The van der Waals surface area contributed by atoms with E-state index in [0.717, 1.165) is 13.1 Å². The normalized spacial score (nSPS) is 9.57. The van der Waals surface area contributed by atoms with Crippen LogP contribution in [0.3, 0.4) is 0 Å². The summed E-state index contributed by atoms with van der Waals surface area (Å²) in [5.74, 6) is 0. The van der Waals surface area contributed by atoms with Crippen LogP contribution in [0.4, 0.5) is 0 Å².